The number of carbonyl (C=O) groups is 1. The Labute approximate surface area is 146 Å². The summed E-state index contributed by atoms with van der Waals surface area (Å²) in [6.07, 6.45) is 5.54. The zero-order valence-electron chi connectivity index (χ0n) is 14.0. The summed E-state index contributed by atoms with van der Waals surface area (Å²) in [5, 5.41) is 0. The predicted octanol–water partition coefficient (Wildman–Crippen LogP) is 3.39. The molecular formula is C20H20N4O. The molecule has 4 rings (SSSR count). The van der Waals surface area contributed by atoms with Gasteiger partial charge in [-0.2, -0.15) is 0 Å². The lowest BCUT2D eigenvalue weighted by atomic mass is 9.99. The quantitative estimate of drug-likeness (QED) is 0.798. The smallest absolute Gasteiger partial charge is 0.249 e. The molecule has 1 aliphatic heterocycles. The van der Waals surface area contributed by atoms with E-state index in [4.69, 9.17) is 10.7 Å². The fraction of sp³-hybridized carbons (Fsp3) is 0.250. The summed E-state index contributed by atoms with van der Waals surface area (Å²) in [7, 11) is 0. The second-order valence-corrected chi connectivity index (χ2v) is 6.39. The Bertz CT molecular complexity index is 932. The van der Waals surface area contributed by atoms with E-state index in [1.54, 1.807) is 6.07 Å². The third-order valence-corrected chi connectivity index (χ3v) is 4.71. The van der Waals surface area contributed by atoms with E-state index in [-0.39, 0.29) is 0 Å². The number of primary amides is 1. The number of rotatable bonds is 3. The number of fused-ring (bicyclic) bond motifs is 1. The molecule has 0 bridgehead atoms. The van der Waals surface area contributed by atoms with Gasteiger partial charge in [-0.3, -0.25) is 9.78 Å². The Kier molecular flexibility index (Phi) is 4.06. The normalized spacial score (nSPS) is 14.6. The molecule has 1 amide bonds. The molecule has 126 valence electrons. The van der Waals surface area contributed by atoms with E-state index in [9.17, 15) is 4.79 Å². The van der Waals surface area contributed by atoms with Crippen molar-refractivity contribution >= 4 is 22.8 Å². The zero-order valence-corrected chi connectivity index (χ0v) is 14.0. The molecule has 0 atom stereocenters. The molecule has 5 heteroatoms. The van der Waals surface area contributed by atoms with E-state index in [0.29, 0.717) is 5.56 Å². The van der Waals surface area contributed by atoms with Gasteiger partial charge in [0.2, 0.25) is 5.91 Å². The summed E-state index contributed by atoms with van der Waals surface area (Å²) in [5.74, 6) is 0.497. The topological polar surface area (TPSA) is 72.1 Å². The third-order valence-electron chi connectivity index (χ3n) is 4.71. The largest absolute Gasteiger partial charge is 0.366 e. The van der Waals surface area contributed by atoms with Crippen molar-refractivity contribution in [3.05, 3.63) is 54.2 Å². The number of carbonyl (C=O) groups excluding carboxylic acids is 1. The number of nitrogens with zero attached hydrogens (tertiary/aromatic N) is 3. The Morgan fingerprint density at radius 3 is 2.60 bits per heavy atom. The minimum absolute atomic E-state index is 0.427. The molecule has 25 heavy (non-hydrogen) atoms. The summed E-state index contributed by atoms with van der Waals surface area (Å²) in [5.41, 5.74) is 9.45. The molecule has 1 saturated heterocycles. The van der Waals surface area contributed by atoms with Crippen molar-refractivity contribution < 1.29 is 4.79 Å². The molecule has 1 aliphatic rings. The molecule has 5 nitrogen and oxygen atoms in total. The highest BCUT2D eigenvalue weighted by molar-refractivity contribution is 6.00. The molecule has 3 aromatic rings. The predicted molar refractivity (Wildman–Crippen MR) is 99.6 cm³/mol. The van der Waals surface area contributed by atoms with Gasteiger partial charge in [0, 0.05) is 18.7 Å². The van der Waals surface area contributed by atoms with Gasteiger partial charge in [-0.25, -0.2) is 4.98 Å². The Morgan fingerprint density at radius 1 is 1.00 bits per heavy atom. The number of aromatic nitrogens is 2. The summed E-state index contributed by atoms with van der Waals surface area (Å²) in [4.78, 5) is 23.4. The van der Waals surface area contributed by atoms with Gasteiger partial charge in [-0.15, -0.1) is 0 Å². The van der Waals surface area contributed by atoms with Gasteiger partial charge in [0.15, 0.2) is 0 Å². The Hall–Kier alpha value is -2.95. The van der Waals surface area contributed by atoms with Crippen LogP contribution in [-0.2, 0) is 0 Å². The maximum atomic E-state index is 11.7. The molecule has 0 saturated carbocycles. The highest BCUT2D eigenvalue weighted by Gasteiger charge is 2.14. The molecule has 0 spiro atoms. The minimum atomic E-state index is -0.427. The first-order valence-electron chi connectivity index (χ1n) is 8.63. The summed E-state index contributed by atoms with van der Waals surface area (Å²) in [6, 6.07) is 13.3. The summed E-state index contributed by atoms with van der Waals surface area (Å²) < 4.78 is 0. The molecule has 2 aromatic carbocycles. The fourth-order valence-corrected chi connectivity index (χ4v) is 3.39. The van der Waals surface area contributed by atoms with Crippen LogP contribution in [0.3, 0.4) is 0 Å². The minimum Gasteiger partial charge on any atom is -0.366 e. The number of hydrogen-bond donors (Lipinski definition) is 1. The average Bonchev–Trinajstić information content (AvgIpc) is 2.68. The number of amides is 1. The van der Waals surface area contributed by atoms with Gasteiger partial charge < -0.3 is 10.6 Å². The van der Waals surface area contributed by atoms with Crippen LogP contribution in [0.1, 0.15) is 29.6 Å². The lowest BCUT2D eigenvalue weighted by Gasteiger charge is -2.27. The summed E-state index contributed by atoms with van der Waals surface area (Å²) >= 11 is 0. The monoisotopic (exact) mass is 332 g/mol. The van der Waals surface area contributed by atoms with E-state index in [1.165, 1.54) is 19.3 Å². The summed E-state index contributed by atoms with van der Waals surface area (Å²) in [6.45, 7) is 2.06. The van der Waals surface area contributed by atoms with Crippen LogP contribution in [0.2, 0.25) is 0 Å². The van der Waals surface area contributed by atoms with Crippen molar-refractivity contribution in [2.75, 3.05) is 18.0 Å². The molecule has 1 aromatic heterocycles. The first kappa shape index (κ1) is 15.6. The van der Waals surface area contributed by atoms with Crippen LogP contribution in [0.25, 0.3) is 22.2 Å². The molecule has 0 aliphatic carbocycles. The number of anilines is 1. The van der Waals surface area contributed by atoms with Gasteiger partial charge in [0.05, 0.1) is 17.2 Å². The highest BCUT2D eigenvalue weighted by atomic mass is 16.1. The van der Waals surface area contributed by atoms with Crippen molar-refractivity contribution in [1.29, 1.82) is 0 Å². The first-order valence-corrected chi connectivity index (χ1v) is 8.63. The highest BCUT2D eigenvalue weighted by Crippen LogP contribution is 2.27. The van der Waals surface area contributed by atoms with Crippen LogP contribution < -0.4 is 10.6 Å². The molecule has 2 N–H and O–H groups in total. The van der Waals surface area contributed by atoms with Crippen LogP contribution in [0.4, 0.5) is 5.82 Å². The lowest BCUT2D eigenvalue weighted by molar-refractivity contribution is 0.100. The van der Waals surface area contributed by atoms with Gasteiger partial charge >= 0.3 is 0 Å². The third kappa shape index (κ3) is 3.05. The lowest BCUT2D eigenvalue weighted by Crippen LogP contribution is -2.30. The van der Waals surface area contributed by atoms with E-state index in [1.807, 2.05) is 42.6 Å². The number of piperidine rings is 1. The Morgan fingerprint density at radius 2 is 1.80 bits per heavy atom. The maximum absolute atomic E-state index is 11.7. The zero-order chi connectivity index (χ0) is 17.2. The van der Waals surface area contributed by atoms with Crippen molar-refractivity contribution in [1.82, 2.24) is 9.97 Å². The van der Waals surface area contributed by atoms with E-state index in [0.717, 1.165) is 41.1 Å². The molecule has 0 unspecified atom stereocenters. The van der Waals surface area contributed by atoms with Gasteiger partial charge in [-0.05, 0) is 48.6 Å². The first-order chi connectivity index (χ1) is 12.2. The second kappa shape index (κ2) is 6.51. The van der Waals surface area contributed by atoms with Crippen LogP contribution in [0, 0.1) is 0 Å². The van der Waals surface area contributed by atoms with E-state index < -0.39 is 5.91 Å². The second-order valence-electron chi connectivity index (χ2n) is 6.39. The van der Waals surface area contributed by atoms with E-state index in [2.05, 4.69) is 9.88 Å². The molecular weight excluding hydrogens is 312 g/mol. The van der Waals surface area contributed by atoms with E-state index >= 15 is 0 Å². The number of hydrogen-bond acceptors (Lipinski definition) is 4. The molecule has 0 radical (unpaired) electrons. The van der Waals surface area contributed by atoms with Crippen LogP contribution in [-0.4, -0.2) is 29.0 Å². The van der Waals surface area contributed by atoms with Crippen molar-refractivity contribution in [2.24, 2.45) is 5.73 Å². The van der Waals surface area contributed by atoms with Crippen molar-refractivity contribution in [3.63, 3.8) is 0 Å². The molecule has 2 heterocycles. The SMILES string of the molecule is NC(=O)c1ccccc1-c1ccc2ncc(N3CCCCC3)nc2c1. The maximum Gasteiger partial charge on any atom is 0.249 e. The van der Waals surface area contributed by atoms with Crippen LogP contribution in [0.5, 0.6) is 0 Å². The number of benzene rings is 2. The van der Waals surface area contributed by atoms with Crippen LogP contribution >= 0.6 is 0 Å². The van der Waals surface area contributed by atoms with Crippen LogP contribution in [0.15, 0.2) is 48.7 Å². The van der Waals surface area contributed by atoms with Gasteiger partial charge in [0.25, 0.3) is 0 Å². The standard InChI is InChI=1S/C20H20N4O/c21-20(25)16-7-3-2-6-15(16)14-8-9-17-18(12-14)23-19(13-22-17)24-10-4-1-5-11-24/h2-3,6-9,12-13H,1,4-5,10-11H2,(H2,21,25). The Balaban J connectivity index is 1.78. The van der Waals surface area contributed by atoms with Gasteiger partial charge in [0.1, 0.15) is 5.82 Å². The molecule has 1 fully saturated rings. The van der Waals surface area contributed by atoms with Gasteiger partial charge in [-0.1, -0.05) is 24.3 Å². The number of nitrogens with two attached hydrogens (primary N) is 1. The van der Waals surface area contributed by atoms with Crippen molar-refractivity contribution in [3.8, 4) is 11.1 Å². The van der Waals surface area contributed by atoms with Crippen molar-refractivity contribution in [2.45, 2.75) is 19.3 Å². The fourth-order valence-electron chi connectivity index (χ4n) is 3.39. The average molecular weight is 332 g/mol.